The smallest absolute Gasteiger partial charge is 0.369 e. The third-order valence-electron chi connectivity index (χ3n) is 4.49. The topological polar surface area (TPSA) is 63.4 Å². The zero-order valence-corrected chi connectivity index (χ0v) is 15.2. The molecule has 4 nitrogen and oxygen atoms in total. The number of fused-ring (bicyclic) bond motifs is 1. The molecule has 0 saturated heterocycles. The monoisotopic (exact) mass is 394 g/mol. The lowest BCUT2D eigenvalue weighted by Gasteiger charge is -2.38. The Morgan fingerprint density at radius 2 is 1.74 bits per heavy atom. The minimum absolute atomic E-state index is 0.0138. The first kappa shape index (κ1) is 19.3. The molecule has 0 radical (unpaired) electrons. The summed E-state index contributed by atoms with van der Waals surface area (Å²) in [6, 6.07) is 12.1. The van der Waals surface area contributed by atoms with Gasteiger partial charge >= 0.3 is 5.51 Å². The fourth-order valence-corrected chi connectivity index (χ4v) is 3.87. The van der Waals surface area contributed by atoms with E-state index in [9.17, 15) is 22.8 Å². The number of benzene rings is 2. The number of rotatable bonds is 3. The SMILES string of the molecule is C[C@H]1C[C@H](C(N)=O)c2ccccc2N1C(=O)c1ccc(SC(F)(F)F)cc1. The minimum atomic E-state index is -4.38. The van der Waals surface area contributed by atoms with Crippen LogP contribution < -0.4 is 10.6 Å². The molecule has 1 aliphatic heterocycles. The number of thioether (sulfide) groups is 1. The maximum atomic E-state index is 13.0. The van der Waals surface area contributed by atoms with Crippen molar-refractivity contribution in [3.8, 4) is 0 Å². The van der Waals surface area contributed by atoms with Crippen molar-refractivity contribution in [2.45, 2.75) is 35.7 Å². The first-order chi connectivity index (χ1) is 12.7. The van der Waals surface area contributed by atoms with E-state index in [0.717, 1.165) is 0 Å². The summed E-state index contributed by atoms with van der Waals surface area (Å²) < 4.78 is 37.4. The van der Waals surface area contributed by atoms with Gasteiger partial charge < -0.3 is 10.6 Å². The number of hydrogen-bond acceptors (Lipinski definition) is 3. The molecule has 8 heteroatoms. The molecule has 0 aliphatic carbocycles. The lowest BCUT2D eigenvalue weighted by Crippen LogP contribution is -2.45. The second kappa shape index (κ2) is 7.26. The Labute approximate surface area is 158 Å². The maximum absolute atomic E-state index is 13.0. The molecule has 2 aromatic rings. The number of alkyl halides is 3. The van der Waals surface area contributed by atoms with Crippen LogP contribution in [0.1, 0.15) is 35.2 Å². The van der Waals surface area contributed by atoms with Gasteiger partial charge in [-0.3, -0.25) is 9.59 Å². The third kappa shape index (κ3) is 4.10. The third-order valence-corrected chi connectivity index (χ3v) is 5.23. The number of hydrogen-bond donors (Lipinski definition) is 1. The molecule has 3 rings (SSSR count). The molecule has 2 amide bonds. The van der Waals surface area contributed by atoms with E-state index >= 15 is 0 Å². The molecule has 142 valence electrons. The molecule has 1 heterocycles. The zero-order valence-electron chi connectivity index (χ0n) is 14.4. The van der Waals surface area contributed by atoms with Crippen molar-refractivity contribution >= 4 is 29.3 Å². The van der Waals surface area contributed by atoms with E-state index in [1.807, 2.05) is 6.92 Å². The van der Waals surface area contributed by atoms with Crippen molar-refractivity contribution in [2.24, 2.45) is 5.73 Å². The van der Waals surface area contributed by atoms with Gasteiger partial charge in [0.25, 0.3) is 5.91 Å². The number of nitrogens with zero attached hydrogens (tertiary/aromatic N) is 1. The predicted octanol–water partition coefficient (Wildman–Crippen LogP) is 4.31. The zero-order chi connectivity index (χ0) is 19.8. The van der Waals surface area contributed by atoms with Crippen molar-refractivity contribution in [3.63, 3.8) is 0 Å². The molecule has 0 saturated carbocycles. The molecular weight excluding hydrogens is 377 g/mol. The Hall–Kier alpha value is -2.48. The van der Waals surface area contributed by atoms with Crippen LogP contribution in [0.4, 0.5) is 18.9 Å². The highest BCUT2D eigenvalue weighted by Crippen LogP contribution is 2.40. The number of carbonyl (C=O) groups is 2. The summed E-state index contributed by atoms with van der Waals surface area (Å²) in [5.41, 5.74) is 2.68. The van der Waals surface area contributed by atoms with Crippen molar-refractivity contribution < 1.29 is 22.8 Å². The summed E-state index contributed by atoms with van der Waals surface area (Å²) in [4.78, 5) is 26.4. The molecule has 2 N–H and O–H groups in total. The second-order valence-electron chi connectivity index (χ2n) is 6.35. The Morgan fingerprint density at radius 1 is 1.11 bits per heavy atom. The molecule has 1 aliphatic rings. The summed E-state index contributed by atoms with van der Waals surface area (Å²) in [6.07, 6.45) is 0.389. The molecule has 0 unspecified atom stereocenters. The average Bonchev–Trinajstić information content (AvgIpc) is 2.59. The van der Waals surface area contributed by atoms with E-state index in [4.69, 9.17) is 5.73 Å². The molecular formula is C19H17F3N2O2S. The van der Waals surface area contributed by atoms with Crippen molar-refractivity contribution in [3.05, 3.63) is 59.7 Å². The van der Waals surface area contributed by atoms with Crippen LogP contribution in [0, 0.1) is 0 Å². The minimum Gasteiger partial charge on any atom is -0.369 e. The summed E-state index contributed by atoms with van der Waals surface area (Å²) in [5.74, 6) is -1.26. The molecule has 0 bridgehead atoms. The molecule has 0 fully saturated rings. The number of carbonyl (C=O) groups excluding carboxylic acids is 2. The highest BCUT2D eigenvalue weighted by molar-refractivity contribution is 8.00. The fraction of sp³-hybridized carbons (Fsp3) is 0.263. The Morgan fingerprint density at radius 3 is 2.33 bits per heavy atom. The van der Waals surface area contributed by atoms with Gasteiger partial charge in [0, 0.05) is 22.2 Å². The molecule has 27 heavy (non-hydrogen) atoms. The van der Waals surface area contributed by atoms with Crippen LogP contribution in [0.2, 0.25) is 0 Å². The molecule has 0 spiro atoms. The number of anilines is 1. The van der Waals surface area contributed by atoms with Gasteiger partial charge in [-0.25, -0.2) is 0 Å². The second-order valence-corrected chi connectivity index (χ2v) is 7.48. The largest absolute Gasteiger partial charge is 0.446 e. The standard InChI is InChI=1S/C19H17F3N2O2S/c1-11-10-15(17(23)25)14-4-2-3-5-16(14)24(11)18(26)12-6-8-13(9-7-12)27-19(20,21)22/h2-9,11,15H,10H2,1H3,(H2,23,25)/t11-,15-/m0/s1. The molecule has 2 aromatic carbocycles. The van der Waals surface area contributed by atoms with E-state index in [0.29, 0.717) is 17.7 Å². The molecule has 2 atom stereocenters. The van der Waals surface area contributed by atoms with Crippen molar-refractivity contribution in [2.75, 3.05) is 4.90 Å². The normalized spacial score (nSPS) is 19.5. The van der Waals surface area contributed by atoms with Gasteiger partial charge in [-0.2, -0.15) is 13.2 Å². The van der Waals surface area contributed by atoms with Crippen LogP contribution >= 0.6 is 11.8 Å². The fourth-order valence-electron chi connectivity index (χ4n) is 3.33. The number of nitrogens with two attached hydrogens (primary N) is 1. The van der Waals surface area contributed by atoms with Crippen LogP contribution in [0.3, 0.4) is 0 Å². The highest BCUT2D eigenvalue weighted by atomic mass is 32.2. The summed E-state index contributed by atoms with van der Waals surface area (Å²) in [5, 5.41) is 0. The van der Waals surface area contributed by atoms with Crippen LogP contribution in [0.25, 0.3) is 0 Å². The maximum Gasteiger partial charge on any atom is 0.446 e. The van der Waals surface area contributed by atoms with E-state index < -0.39 is 17.3 Å². The van der Waals surface area contributed by atoms with Crippen molar-refractivity contribution in [1.29, 1.82) is 0 Å². The number of para-hydroxylation sites is 1. The van der Waals surface area contributed by atoms with E-state index in [1.165, 1.54) is 24.3 Å². The van der Waals surface area contributed by atoms with E-state index in [1.54, 1.807) is 29.2 Å². The highest BCUT2D eigenvalue weighted by Gasteiger charge is 2.36. The van der Waals surface area contributed by atoms with Gasteiger partial charge in [-0.1, -0.05) is 18.2 Å². The number of halogens is 3. The molecule has 0 aromatic heterocycles. The van der Waals surface area contributed by atoms with Gasteiger partial charge in [-0.15, -0.1) is 0 Å². The van der Waals surface area contributed by atoms with E-state index in [-0.39, 0.29) is 34.2 Å². The summed E-state index contributed by atoms with van der Waals surface area (Å²) in [7, 11) is 0. The number of primary amides is 1. The van der Waals surface area contributed by atoms with Crippen LogP contribution in [-0.4, -0.2) is 23.4 Å². The Kier molecular flexibility index (Phi) is 5.19. The number of amides is 2. The lowest BCUT2D eigenvalue weighted by atomic mass is 9.85. The van der Waals surface area contributed by atoms with Crippen LogP contribution in [0.5, 0.6) is 0 Å². The average molecular weight is 394 g/mol. The Balaban J connectivity index is 1.92. The quantitative estimate of drug-likeness (QED) is 0.790. The predicted molar refractivity (Wildman–Crippen MR) is 97.6 cm³/mol. The first-order valence-electron chi connectivity index (χ1n) is 8.25. The van der Waals surface area contributed by atoms with Crippen LogP contribution in [0.15, 0.2) is 53.4 Å². The lowest BCUT2D eigenvalue weighted by molar-refractivity contribution is -0.119. The summed E-state index contributed by atoms with van der Waals surface area (Å²) in [6.45, 7) is 1.82. The summed E-state index contributed by atoms with van der Waals surface area (Å²) >= 11 is -0.227. The van der Waals surface area contributed by atoms with Gasteiger partial charge in [0.05, 0.1) is 5.92 Å². The van der Waals surface area contributed by atoms with Crippen LogP contribution in [-0.2, 0) is 4.79 Å². The van der Waals surface area contributed by atoms with Gasteiger partial charge in [0.1, 0.15) is 0 Å². The van der Waals surface area contributed by atoms with Gasteiger partial charge in [-0.05, 0) is 61.0 Å². The van der Waals surface area contributed by atoms with E-state index in [2.05, 4.69) is 0 Å². The van der Waals surface area contributed by atoms with Gasteiger partial charge in [0.15, 0.2) is 0 Å². The van der Waals surface area contributed by atoms with Crippen molar-refractivity contribution in [1.82, 2.24) is 0 Å². The Bertz CT molecular complexity index is 868. The first-order valence-corrected chi connectivity index (χ1v) is 9.06. The van der Waals surface area contributed by atoms with Gasteiger partial charge in [0.2, 0.25) is 5.91 Å².